The number of anilines is 1. The molecule has 3 aromatic rings. The Hall–Kier alpha value is -2.34. The number of benzene rings is 1. The molecule has 1 N–H and O–H groups in total. The van der Waals surface area contributed by atoms with Crippen LogP contribution in [0.15, 0.2) is 40.9 Å². The van der Waals surface area contributed by atoms with Crippen LogP contribution < -0.4 is 5.32 Å². The minimum absolute atomic E-state index is 0.152. The molecule has 4 rings (SSSR count). The number of rotatable bonds is 7. The highest BCUT2D eigenvalue weighted by atomic mass is 35.5. The zero-order valence-corrected chi connectivity index (χ0v) is 18.0. The molecule has 0 aliphatic heterocycles. The molecule has 29 heavy (non-hydrogen) atoms. The van der Waals surface area contributed by atoms with Gasteiger partial charge < -0.3 is 9.88 Å². The van der Waals surface area contributed by atoms with Gasteiger partial charge in [0, 0.05) is 23.0 Å². The van der Waals surface area contributed by atoms with Gasteiger partial charge in [0.15, 0.2) is 5.16 Å². The smallest absolute Gasteiger partial charge is 0.237 e. The zero-order valence-electron chi connectivity index (χ0n) is 15.6. The lowest BCUT2D eigenvalue weighted by molar-refractivity contribution is -0.115. The Kier molecular flexibility index (Phi) is 5.90. The Morgan fingerprint density at radius 2 is 2.28 bits per heavy atom. The number of carbonyl (C=O) groups is 1. The third-order valence-corrected chi connectivity index (χ3v) is 6.81. The number of thiophene rings is 1. The highest BCUT2D eigenvalue weighted by molar-refractivity contribution is 8.00. The van der Waals surface area contributed by atoms with Crippen LogP contribution in [-0.4, -0.2) is 25.9 Å². The third-order valence-electron chi connectivity index (χ3n) is 4.57. The highest BCUT2D eigenvalue weighted by Gasteiger charge is 2.31. The number of carbonyl (C=O) groups excluding carboxylic acids is 1. The van der Waals surface area contributed by atoms with Crippen molar-refractivity contribution in [2.24, 2.45) is 0 Å². The summed E-state index contributed by atoms with van der Waals surface area (Å²) in [6.45, 7) is 1.84. The van der Waals surface area contributed by atoms with E-state index in [0.29, 0.717) is 22.3 Å². The van der Waals surface area contributed by atoms with E-state index >= 15 is 0 Å². The molecule has 0 saturated heterocycles. The maximum atomic E-state index is 12.6. The van der Waals surface area contributed by atoms with Crippen molar-refractivity contribution in [3.8, 4) is 6.07 Å². The second-order valence-corrected chi connectivity index (χ2v) is 9.56. The predicted molar refractivity (Wildman–Crippen MR) is 116 cm³/mol. The van der Waals surface area contributed by atoms with Crippen LogP contribution in [0.3, 0.4) is 0 Å². The summed E-state index contributed by atoms with van der Waals surface area (Å²) in [5.41, 5.74) is 0.941. The van der Waals surface area contributed by atoms with Gasteiger partial charge in [-0.25, -0.2) is 0 Å². The maximum absolute atomic E-state index is 12.6. The monoisotopic (exact) mass is 443 g/mol. The van der Waals surface area contributed by atoms with Crippen molar-refractivity contribution in [2.75, 3.05) is 5.32 Å². The van der Waals surface area contributed by atoms with Gasteiger partial charge >= 0.3 is 0 Å². The summed E-state index contributed by atoms with van der Waals surface area (Å²) in [4.78, 5) is 13.9. The number of hydrogen-bond acceptors (Lipinski definition) is 6. The van der Waals surface area contributed by atoms with E-state index in [1.165, 1.54) is 16.6 Å². The van der Waals surface area contributed by atoms with Gasteiger partial charge in [-0.1, -0.05) is 29.4 Å². The fourth-order valence-electron chi connectivity index (χ4n) is 2.92. The Labute approximate surface area is 181 Å². The molecule has 0 radical (unpaired) electrons. The molecule has 9 heteroatoms. The number of aromatic nitrogens is 3. The first-order valence-electron chi connectivity index (χ1n) is 9.18. The van der Waals surface area contributed by atoms with Crippen molar-refractivity contribution < 1.29 is 4.79 Å². The van der Waals surface area contributed by atoms with Crippen molar-refractivity contribution in [2.45, 2.75) is 42.6 Å². The highest BCUT2D eigenvalue weighted by Crippen LogP contribution is 2.40. The first-order chi connectivity index (χ1) is 14.0. The fourth-order valence-corrected chi connectivity index (χ4v) is 4.78. The second kappa shape index (κ2) is 8.57. The van der Waals surface area contributed by atoms with E-state index in [1.54, 1.807) is 29.5 Å². The van der Waals surface area contributed by atoms with Crippen molar-refractivity contribution in [1.82, 2.24) is 14.8 Å². The molecule has 1 unspecified atom stereocenters. The van der Waals surface area contributed by atoms with Gasteiger partial charge in [-0.05, 0) is 49.4 Å². The van der Waals surface area contributed by atoms with Crippen molar-refractivity contribution in [3.63, 3.8) is 0 Å². The van der Waals surface area contributed by atoms with E-state index in [9.17, 15) is 4.79 Å². The summed E-state index contributed by atoms with van der Waals surface area (Å²) in [6, 6.07) is 11.4. The quantitative estimate of drug-likeness (QED) is 0.524. The van der Waals surface area contributed by atoms with E-state index in [-0.39, 0.29) is 11.2 Å². The van der Waals surface area contributed by atoms with Crippen LogP contribution in [0.2, 0.25) is 5.02 Å². The van der Waals surface area contributed by atoms with Crippen molar-refractivity contribution in [1.29, 1.82) is 5.26 Å². The van der Waals surface area contributed by atoms with Crippen molar-refractivity contribution >= 4 is 46.3 Å². The molecule has 2 heterocycles. The maximum Gasteiger partial charge on any atom is 0.237 e. The summed E-state index contributed by atoms with van der Waals surface area (Å²) in [5, 5.41) is 23.4. The van der Waals surface area contributed by atoms with Crippen LogP contribution in [0.4, 0.5) is 5.69 Å². The Morgan fingerprint density at radius 1 is 1.45 bits per heavy atom. The molecule has 1 aliphatic rings. The second-order valence-electron chi connectivity index (χ2n) is 6.81. The Morgan fingerprint density at radius 3 is 2.93 bits per heavy atom. The molecule has 1 aliphatic carbocycles. The number of halogens is 1. The Bertz CT molecular complexity index is 1070. The minimum Gasteiger partial charge on any atom is -0.325 e. The summed E-state index contributed by atoms with van der Waals surface area (Å²) in [5.74, 6) is 0.796. The average Bonchev–Trinajstić information content (AvgIpc) is 3.26. The van der Waals surface area contributed by atoms with Gasteiger partial charge in [0.1, 0.15) is 11.9 Å². The van der Waals surface area contributed by atoms with Gasteiger partial charge in [-0.3, -0.25) is 4.79 Å². The molecular formula is C20H18ClN5OS2. The molecule has 0 spiro atoms. The summed E-state index contributed by atoms with van der Waals surface area (Å²) in [7, 11) is 0. The number of amides is 1. The predicted octanol–water partition coefficient (Wildman–Crippen LogP) is 4.91. The zero-order chi connectivity index (χ0) is 20.4. The van der Waals surface area contributed by atoms with E-state index < -0.39 is 0 Å². The molecule has 1 amide bonds. The summed E-state index contributed by atoms with van der Waals surface area (Å²) >= 11 is 9.16. The molecule has 1 aromatic carbocycles. The molecule has 2 aromatic heterocycles. The largest absolute Gasteiger partial charge is 0.325 e. The van der Waals surface area contributed by atoms with E-state index in [1.807, 2.05) is 19.1 Å². The van der Waals surface area contributed by atoms with Crippen LogP contribution in [-0.2, 0) is 11.2 Å². The van der Waals surface area contributed by atoms with Crippen LogP contribution >= 0.6 is 34.7 Å². The van der Waals surface area contributed by atoms with Crippen LogP contribution in [0, 0.1) is 11.3 Å². The van der Waals surface area contributed by atoms with Gasteiger partial charge in [0.2, 0.25) is 5.91 Å². The molecular weight excluding hydrogens is 426 g/mol. The topological polar surface area (TPSA) is 83.6 Å². The molecule has 1 fully saturated rings. The summed E-state index contributed by atoms with van der Waals surface area (Å²) in [6.07, 6.45) is 2.99. The third kappa shape index (κ3) is 4.64. The molecule has 1 saturated carbocycles. The number of thioether (sulfide) groups is 1. The molecule has 6 nitrogen and oxygen atoms in total. The van der Waals surface area contributed by atoms with Gasteiger partial charge in [-0.2, -0.15) is 5.26 Å². The molecule has 0 bridgehead atoms. The number of hydrogen-bond donors (Lipinski definition) is 1. The SMILES string of the molecule is CC(Sc1nnc(Cc2cccs2)n1C1CC1)C(=O)Nc1ccc(C#N)c(Cl)c1. The van der Waals surface area contributed by atoms with Crippen LogP contribution in [0.25, 0.3) is 0 Å². The fraction of sp³-hybridized carbons (Fsp3) is 0.300. The lowest BCUT2D eigenvalue weighted by Crippen LogP contribution is -2.23. The van der Waals surface area contributed by atoms with Crippen LogP contribution in [0.1, 0.15) is 42.1 Å². The normalized spacial score (nSPS) is 14.4. The summed E-state index contributed by atoms with van der Waals surface area (Å²) < 4.78 is 2.19. The van der Waals surface area contributed by atoms with E-state index in [0.717, 1.165) is 30.2 Å². The molecule has 148 valence electrons. The van der Waals surface area contributed by atoms with Gasteiger partial charge in [-0.15, -0.1) is 21.5 Å². The number of nitriles is 1. The number of nitrogens with one attached hydrogen (secondary N) is 1. The first kappa shape index (κ1) is 20.0. The lowest BCUT2D eigenvalue weighted by atomic mass is 10.2. The average molecular weight is 444 g/mol. The van der Waals surface area contributed by atoms with Crippen LogP contribution in [0.5, 0.6) is 0 Å². The molecule has 1 atom stereocenters. The van der Waals surface area contributed by atoms with E-state index in [4.69, 9.17) is 16.9 Å². The van der Waals surface area contributed by atoms with Gasteiger partial charge in [0.25, 0.3) is 0 Å². The Balaban J connectivity index is 1.46. The standard InChI is InChI=1S/C20H18ClN5OS2/c1-12(19(27)23-14-5-4-13(11-22)17(21)9-14)29-20-25-24-18(26(20)15-6-7-15)10-16-3-2-8-28-16/h2-5,8-9,12,15H,6-7,10H2,1H3,(H,23,27). The lowest BCUT2D eigenvalue weighted by Gasteiger charge is -2.13. The first-order valence-corrected chi connectivity index (χ1v) is 11.3. The van der Waals surface area contributed by atoms with E-state index in [2.05, 4.69) is 31.5 Å². The van der Waals surface area contributed by atoms with Crippen molar-refractivity contribution in [3.05, 3.63) is 57.0 Å². The van der Waals surface area contributed by atoms with Gasteiger partial charge in [0.05, 0.1) is 15.8 Å². The minimum atomic E-state index is -0.360. The number of nitrogens with zero attached hydrogens (tertiary/aromatic N) is 4.